The summed E-state index contributed by atoms with van der Waals surface area (Å²) < 4.78 is 49.9. The third-order valence-corrected chi connectivity index (χ3v) is 4.26. The van der Waals surface area contributed by atoms with Crippen LogP contribution in [0, 0.1) is 0 Å². The van der Waals surface area contributed by atoms with Gasteiger partial charge in [0.15, 0.2) is 17.1 Å². The lowest BCUT2D eigenvalue weighted by atomic mass is 10.1. The van der Waals surface area contributed by atoms with Crippen molar-refractivity contribution in [3.8, 4) is 17.1 Å². The molecular formula is C19H12ClF3O6. The number of benzene rings is 2. The van der Waals surface area contributed by atoms with E-state index in [1.165, 1.54) is 12.1 Å². The van der Waals surface area contributed by atoms with Gasteiger partial charge in [0, 0.05) is 6.07 Å². The second kappa shape index (κ2) is 7.76. The summed E-state index contributed by atoms with van der Waals surface area (Å²) in [5.41, 5.74) is -1.56. The van der Waals surface area contributed by atoms with Crippen molar-refractivity contribution in [2.75, 3.05) is 6.61 Å². The van der Waals surface area contributed by atoms with Gasteiger partial charge in [-0.25, -0.2) is 4.79 Å². The fraction of sp³-hybridized carbons (Fsp3) is 0.158. The van der Waals surface area contributed by atoms with E-state index in [0.29, 0.717) is 6.07 Å². The Hall–Kier alpha value is -3.04. The molecular weight excluding hydrogens is 417 g/mol. The highest BCUT2D eigenvalue weighted by Crippen LogP contribution is 2.38. The lowest BCUT2D eigenvalue weighted by Gasteiger charge is -2.15. The summed E-state index contributed by atoms with van der Waals surface area (Å²) in [4.78, 5) is 23.1. The van der Waals surface area contributed by atoms with Crippen LogP contribution in [0.2, 0.25) is 5.02 Å². The second-order valence-electron chi connectivity index (χ2n) is 5.97. The van der Waals surface area contributed by atoms with Crippen LogP contribution in [0.15, 0.2) is 51.7 Å². The Balaban J connectivity index is 2.15. The quantitative estimate of drug-likeness (QED) is 0.638. The summed E-state index contributed by atoms with van der Waals surface area (Å²) in [6.45, 7) is -0.817. The number of aliphatic hydroxyl groups excluding tert-OH is 1. The molecule has 29 heavy (non-hydrogen) atoms. The van der Waals surface area contributed by atoms with Gasteiger partial charge in [0.05, 0.1) is 21.5 Å². The minimum Gasteiger partial charge on any atom is -0.489 e. The molecule has 1 atom stereocenters. The molecule has 0 fully saturated rings. The van der Waals surface area contributed by atoms with Gasteiger partial charge in [-0.3, -0.25) is 4.79 Å². The average molecular weight is 429 g/mol. The second-order valence-corrected chi connectivity index (χ2v) is 6.37. The summed E-state index contributed by atoms with van der Waals surface area (Å²) in [6, 6.07) is 7.96. The molecule has 0 spiro atoms. The molecule has 2 aromatic carbocycles. The smallest absolute Gasteiger partial charge is 0.416 e. The van der Waals surface area contributed by atoms with E-state index in [1.54, 1.807) is 6.07 Å². The minimum absolute atomic E-state index is 0.0353. The van der Waals surface area contributed by atoms with Gasteiger partial charge in [-0.2, -0.15) is 13.2 Å². The van der Waals surface area contributed by atoms with Crippen molar-refractivity contribution >= 4 is 28.5 Å². The standard InChI is InChI=1S/C19H12ClF3O6/c20-12-3-1-2-10-13(24)7-16(29-17(10)12)11-5-4-9(19(21,22)23)6-15(11)28-8-14(25)18(26)27/h1-7,14,25H,8H2,(H,26,27). The molecule has 0 amide bonds. The van der Waals surface area contributed by atoms with E-state index in [4.69, 9.17) is 25.9 Å². The van der Waals surface area contributed by atoms with Crippen molar-refractivity contribution in [1.82, 2.24) is 0 Å². The molecule has 6 nitrogen and oxygen atoms in total. The molecule has 152 valence electrons. The Morgan fingerprint density at radius 3 is 2.59 bits per heavy atom. The number of hydrogen-bond donors (Lipinski definition) is 2. The first kappa shape index (κ1) is 20.7. The van der Waals surface area contributed by atoms with Crippen molar-refractivity contribution in [2.24, 2.45) is 0 Å². The van der Waals surface area contributed by atoms with E-state index in [1.807, 2.05) is 0 Å². The van der Waals surface area contributed by atoms with E-state index in [9.17, 15) is 27.9 Å². The van der Waals surface area contributed by atoms with Gasteiger partial charge in [-0.1, -0.05) is 17.7 Å². The molecule has 0 aliphatic rings. The molecule has 0 saturated heterocycles. The molecule has 1 heterocycles. The molecule has 10 heteroatoms. The Morgan fingerprint density at radius 2 is 1.93 bits per heavy atom. The van der Waals surface area contributed by atoms with E-state index in [-0.39, 0.29) is 27.3 Å². The largest absolute Gasteiger partial charge is 0.489 e. The first-order valence-corrected chi connectivity index (χ1v) is 8.43. The topological polar surface area (TPSA) is 97.0 Å². The molecule has 1 unspecified atom stereocenters. The van der Waals surface area contributed by atoms with E-state index in [0.717, 1.165) is 18.2 Å². The van der Waals surface area contributed by atoms with Gasteiger partial charge in [0.2, 0.25) is 0 Å². The first-order chi connectivity index (χ1) is 13.6. The number of alkyl halides is 3. The summed E-state index contributed by atoms with van der Waals surface area (Å²) in [5, 5.41) is 18.4. The number of carboxylic acids is 1. The lowest BCUT2D eigenvalue weighted by Crippen LogP contribution is -2.27. The maximum absolute atomic E-state index is 13.1. The monoisotopic (exact) mass is 428 g/mol. The number of carboxylic acid groups (broad SMARTS) is 1. The van der Waals surface area contributed by atoms with Crippen molar-refractivity contribution in [3.05, 3.63) is 63.3 Å². The molecule has 0 aliphatic heterocycles. The van der Waals surface area contributed by atoms with Crippen LogP contribution in [0.5, 0.6) is 5.75 Å². The van der Waals surface area contributed by atoms with Crippen LogP contribution in [0.3, 0.4) is 0 Å². The van der Waals surface area contributed by atoms with Crippen molar-refractivity contribution in [2.45, 2.75) is 12.3 Å². The van der Waals surface area contributed by atoms with Gasteiger partial charge in [0.25, 0.3) is 0 Å². The number of ether oxygens (including phenoxy) is 1. The van der Waals surface area contributed by atoms with Crippen LogP contribution in [-0.2, 0) is 11.0 Å². The van der Waals surface area contributed by atoms with Gasteiger partial charge >= 0.3 is 12.1 Å². The number of aliphatic carboxylic acids is 1. The molecule has 3 aromatic rings. The SMILES string of the molecule is O=C(O)C(O)COc1cc(C(F)(F)F)ccc1-c1cc(=O)c2cccc(Cl)c2o1. The highest BCUT2D eigenvalue weighted by Gasteiger charge is 2.32. The van der Waals surface area contributed by atoms with Crippen LogP contribution < -0.4 is 10.2 Å². The first-order valence-electron chi connectivity index (χ1n) is 8.05. The Morgan fingerprint density at radius 1 is 1.21 bits per heavy atom. The molecule has 1 aromatic heterocycles. The molecule has 0 radical (unpaired) electrons. The number of aliphatic hydroxyl groups is 1. The summed E-state index contributed by atoms with van der Waals surface area (Å²) in [6.07, 6.45) is -6.66. The number of fused-ring (bicyclic) bond motifs is 1. The maximum atomic E-state index is 13.1. The third-order valence-electron chi connectivity index (χ3n) is 3.96. The average Bonchev–Trinajstić information content (AvgIpc) is 2.65. The van der Waals surface area contributed by atoms with Crippen LogP contribution in [0.4, 0.5) is 13.2 Å². The van der Waals surface area contributed by atoms with Gasteiger partial charge in [0.1, 0.15) is 18.1 Å². The van der Waals surface area contributed by atoms with Crippen molar-refractivity contribution < 1.29 is 37.3 Å². The number of carbonyl (C=O) groups is 1. The Bertz CT molecular complexity index is 1140. The van der Waals surface area contributed by atoms with Crippen molar-refractivity contribution in [3.63, 3.8) is 0 Å². The predicted molar refractivity (Wildman–Crippen MR) is 97.1 cm³/mol. The number of para-hydroxylation sites is 1. The molecule has 2 N–H and O–H groups in total. The van der Waals surface area contributed by atoms with Gasteiger partial charge < -0.3 is 19.4 Å². The Labute approximate surface area is 165 Å². The zero-order valence-electron chi connectivity index (χ0n) is 14.4. The van der Waals surface area contributed by atoms with E-state index in [2.05, 4.69) is 0 Å². The number of halogens is 4. The minimum atomic E-state index is -4.70. The highest BCUT2D eigenvalue weighted by molar-refractivity contribution is 6.34. The van der Waals surface area contributed by atoms with Crippen molar-refractivity contribution in [1.29, 1.82) is 0 Å². The normalized spacial score (nSPS) is 12.7. The third kappa shape index (κ3) is 4.36. The van der Waals surface area contributed by atoms with Gasteiger partial charge in [-0.05, 0) is 30.3 Å². The summed E-state index contributed by atoms with van der Waals surface area (Å²) >= 11 is 6.04. The van der Waals surface area contributed by atoms with Gasteiger partial charge in [-0.15, -0.1) is 0 Å². The highest BCUT2D eigenvalue weighted by atomic mass is 35.5. The van der Waals surface area contributed by atoms with Crippen LogP contribution in [0.25, 0.3) is 22.3 Å². The Kier molecular flexibility index (Phi) is 5.54. The maximum Gasteiger partial charge on any atom is 0.416 e. The lowest BCUT2D eigenvalue weighted by molar-refractivity contribution is -0.148. The van der Waals surface area contributed by atoms with E-state index < -0.39 is 41.6 Å². The zero-order chi connectivity index (χ0) is 21.3. The molecule has 0 bridgehead atoms. The van der Waals surface area contributed by atoms with Crippen LogP contribution in [-0.4, -0.2) is 28.9 Å². The number of hydrogen-bond acceptors (Lipinski definition) is 5. The van der Waals surface area contributed by atoms with E-state index >= 15 is 0 Å². The van der Waals surface area contributed by atoms with Crippen LogP contribution >= 0.6 is 11.6 Å². The number of rotatable bonds is 5. The molecule has 0 saturated carbocycles. The fourth-order valence-electron chi connectivity index (χ4n) is 2.54. The van der Waals surface area contributed by atoms with Crippen LogP contribution in [0.1, 0.15) is 5.56 Å². The molecule has 0 aliphatic carbocycles. The summed E-state index contributed by atoms with van der Waals surface area (Å²) in [5.74, 6) is -2.17. The summed E-state index contributed by atoms with van der Waals surface area (Å²) in [7, 11) is 0. The fourth-order valence-corrected chi connectivity index (χ4v) is 2.75. The predicted octanol–water partition coefficient (Wildman–Crippen LogP) is 3.96. The molecule has 3 rings (SSSR count). The zero-order valence-corrected chi connectivity index (χ0v) is 15.1.